The van der Waals surface area contributed by atoms with E-state index >= 15 is 0 Å². The van der Waals surface area contributed by atoms with Crippen LogP contribution >= 0.6 is 34.8 Å². The molecule has 0 bridgehead atoms. The minimum atomic E-state index is -4.75. The van der Waals surface area contributed by atoms with E-state index in [1.165, 1.54) is 18.2 Å². The number of carbonyl (C=O) groups is 3. The number of imide groups is 2. The quantitative estimate of drug-likeness (QED) is 0.268. The highest BCUT2D eigenvalue weighted by Gasteiger charge is 2.39. The number of anilines is 1. The Morgan fingerprint density at radius 1 is 0.892 bits per heavy atom. The SMILES string of the molecule is O=C1NC(=O)N(c2cc(C(F)(F)F)ccc2Cl)C(=O)/C1=C\c1ccc(OCc2ccccc2Cl)c(Cl)c1. The third-order valence-electron chi connectivity index (χ3n) is 5.22. The van der Waals surface area contributed by atoms with Crippen LogP contribution in [0.5, 0.6) is 5.75 Å². The number of amides is 4. The van der Waals surface area contributed by atoms with Gasteiger partial charge in [-0.3, -0.25) is 14.9 Å². The van der Waals surface area contributed by atoms with Crippen LogP contribution in [-0.2, 0) is 22.4 Å². The third-order valence-corrected chi connectivity index (χ3v) is 6.21. The average molecular weight is 570 g/mol. The Balaban J connectivity index is 1.62. The normalized spacial score (nSPS) is 15.2. The molecule has 37 heavy (non-hydrogen) atoms. The fourth-order valence-corrected chi connectivity index (χ4v) is 4.03. The van der Waals surface area contributed by atoms with Crippen LogP contribution in [0.15, 0.2) is 66.2 Å². The van der Waals surface area contributed by atoms with E-state index in [4.69, 9.17) is 39.5 Å². The van der Waals surface area contributed by atoms with E-state index in [1.54, 1.807) is 24.3 Å². The van der Waals surface area contributed by atoms with Crippen molar-refractivity contribution in [3.63, 3.8) is 0 Å². The fraction of sp³-hybridized carbons (Fsp3) is 0.0800. The van der Waals surface area contributed by atoms with Gasteiger partial charge in [-0.15, -0.1) is 0 Å². The second-order valence-electron chi connectivity index (χ2n) is 7.69. The number of ether oxygens (including phenoxy) is 1. The van der Waals surface area contributed by atoms with Gasteiger partial charge < -0.3 is 4.74 Å². The van der Waals surface area contributed by atoms with Gasteiger partial charge in [0, 0.05) is 10.6 Å². The van der Waals surface area contributed by atoms with Gasteiger partial charge in [-0.05, 0) is 48.0 Å². The summed E-state index contributed by atoms with van der Waals surface area (Å²) in [5.74, 6) is -1.90. The predicted octanol–water partition coefficient (Wildman–Crippen LogP) is 6.91. The fourth-order valence-electron chi connectivity index (χ4n) is 3.40. The smallest absolute Gasteiger partial charge is 0.416 e. The highest BCUT2D eigenvalue weighted by Crippen LogP contribution is 2.37. The minimum absolute atomic E-state index is 0.134. The van der Waals surface area contributed by atoms with Gasteiger partial charge in [0.15, 0.2) is 0 Å². The van der Waals surface area contributed by atoms with Gasteiger partial charge in [0.05, 0.1) is 21.3 Å². The lowest BCUT2D eigenvalue weighted by Crippen LogP contribution is -2.54. The number of urea groups is 1. The minimum Gasteiger partial charge on any atom is -0.487 e. The molecular formula is C25H14Cl3F3N2O4. The van der Waals surface area contributed by atoms with Gasteiger partial charge in [-0.2, -0.15) is 13.2 Å². The van der Waals surface area contributed by atoms with Gasteiger partial charge in [-0.25, -0.2) is 9.69 Å². The molecule has 1 fully saturated rings. The summed E-state index contributed by atoms with van der Waals surface area (Å²) in [7, 11) is 0. The molecule has 0 aliphatic carbocycles. The molecule has 3 aromatic carbocycles. The zero-order chi connectivity index (χ0) is 26.9. The molecule has 190 valence electrons. The van der Waals surface area contributed by atoms with Crippen LogP contribution in [0.3, 0.4) is 0 Å². The molecule has 0 atom stereocenters. The van der Waals surface area contributed by atoms with Gasteiger partial charge in [0.25, 0.3) is 11.8 Å². The van der Waals surface area contributed by atoms with Gasteiger partial charge >= 0.3 is 12.2 Å². The van der Waals surface area contributed by atoms with Crippen LogP contribution in [0.2, 0.25) is 15.1 Å². The van der Waals surface area contributed by atoms with Crippen molar-refractivity contribution in [1.29, 1.82) is 0 Å². The molecule has 0 saturated carbocycles. The van der Waals surface area contributed by atoms with Gasteiger partial charge in [0.1, 0.15) is 17.9 Å². The number of hydrogen-bond acceptors (Lipinski definition) is 4. The molecule has 4 amide bonds. The van der Waals surface area contributed by atoms with Crippen molar-refractivity contribution in [2.75, 3.05) is 4.90 Å². The molecule has 0 radical (unpaired) electrons. The number of carbonyl (C=O) groups excluding carboxylic acids is 3. The zero-order valence-electron chi connectivity index (χ0n) is 18.4. The molecule has 1 heterocycles. The number of hydrogen-bond donors (Lipinski definition) is 1. The molecule has 12 heteroatoms. The van der Waals surface area contributed by atoms with E-state index in [2.05, 4.69) is 0 Å². The summed E-state index contributed by atoms with van der Waals surface area (Å²) in [6.07, 6.45) is -3.61. The largest absolute Gasteiger partial charge is 0.487 e. The number of nitrogens with zero attached hydrogens (tertiary/aromatic N) is 1. The number of benzene rings is 3. The molecule has 4 rings (SSSR count). The Morgan fingerprint density at radius 3 is 2.30 bits per heavy atom. The predicted molar refractivity (Wildman–Crippen MR) is 133 cm³/mol. The summed E-state index contributed by atoms with van der Waals surface area (Å²) in [5.41, 5.74) is -1.16. The zero-order valence-corrected chi connectivity index (χ0v) is 20.7. The molecule has 1 aliphatic rings. The maximum atomic E-state index is 13.2. The van der Waals surface area contributed by atoms with E-state index in [1.807, 2.05) is 5.32 Å². The van der Waals surface area contributed by atoms with Crippen molar-refractivity contribution < 1.29 is 32.3 Å². The summed E-state index contributed by atoms with van der Waals surface area (Å²) in [5, 5.41) is 2.30. The number of halogens is 6. The van der Waals surface area contributed by atoms with Crippen LogP contribution in [-0.4, -0.2) is 17.8 Å². The Labute approximate surface area is 223 Å². The lowest BCUT2D eigenvalue weighted by atomic mass is 10.1. The summed E-state index contributed by atoms with van der Waals surface area (Å²) in [6, 6.07) is 12.4. The molecule has 6 nitrogen and oxygen atoms in total. The summed E-state index contributed by atoms with van der Waals surface area (Å²) in [4.78, 5) is 38.3. The van der Waals surface area contributed by atoms with Crippen LogP contribution in [0.25, 0.3) is 6.08 Å². The van der Waals surface area contributed by atoms with E-state index in [9.17, 15) is 27.6 Å². The van der Waals surface area contributed by atoms with Crippen molar-refractivity contribution in [3.05, 3.63) is 98.0 Å². The number of rotatable bonds is 5. The summed E-state index contributed by atoms with van der Waals surface area (Å²) in [6.45, 7) is 0.134. The van der Waals surface area contributed by atoms with Crippen molar-refractivity contribution >= 4 is 64.4 Å². The Bertz CT molecular complexity index is 1460. The first-order valence-electron chi connectivity index (χ1n) is 10.4. The topological polar surface area (TPSA) is 75.7 Å². The molecule has 0 spiro atoms. The highest BCUT2D eigenvalue weighted by atomic mass is 35.5. The van der Waals surface area contributed by atoms with E-state index in [0.29, 0.717) is 27.8 Å². The first kappa shape index (κ1) is 26.5. The molecule has 0 aromatic heterocycles. The second-order valence-corrected chi connectivity index (χ2v) is 8.91. The molecule has 0 unspecified atom stereocenters. The first-order valence-corrected chi connectivity index (χ1v) is 11.5. The first-order chi connectivity index (χ1) is 17.5. The summed E-state index contributed by atoms with van der Waals surface area (Å²) >= 11 is 18.4. The Morgan fingerprint density at radius 2 is 1.62 bits per heavy atom. The highest BCUT2D eigenvalue weighted by molar-refractivity contribution is 6.42. The number of barbiturate groups is 1. The third kappa shape index (κ3) is 5.74. The van der Waals surface area contributed by atoms with E-state index < -0.39 is 40.8 Å². The standard InChI is InChI=1S/C25H14Cl3F3N2O4/c26-17-4-2-1-3-14(17)12-37-21-8-5-13(10-19(21)28)9-16-22(34)32-24(36)33(23(16)35)20-11-15(25(29,30)31)6-7-18(20)27/h1-11H,12H2,(H,32,34,36)/b16-9-. The van der Waals surface area contributed by atoms with Crippen LogP contribution in [0.4, 0.5) is 23.7 Å². The lowest BCUT2D eigenvalue weighted by Gasteiger charge is -2.27. The van der Waals surface area contributed by atoms with Crippen LogP contribution in [0, 0.1) is 0 Å². The van der Waals surface area contributed by atoms with E-state index in [0.717, 1.165) is 17.7 Å². The molecule has 1 N–H and O–H groups in total. The summed E-state index contributed by atoms with van der Waals surface area (Å²) < 4.78 is 45.2. The molecular weight excluding hydrogens is 556 g/mol. The van der Waals surface area contributed by atoms with Crippen molar-refractivity contribution in [1.82, 2.24) is 5.32 Å². The molecule has 1 saturated heterocycles. The second kappa shape index (κ2) is 10.5. The van der Waals surface area contributed by atoms with Crippen LogP contribution in [0.1, 0.15) is 16.7 Å². The van der Waals surface area contributed by atoms with Crippen molar-refractivity contribution in [2.24, 2.45) is 0 Å². The monoisotopic (exact) mass is 568 g/mol. The lowest BCUT2D eigenvalue weighted by molar-refractivity contribution is -0.137. The van der Waals surface area contributed by atoms with Gasteiger partial charge in [-0.1, -0.05) is 59.1 Å². The van der Waals surface area contributed by atoms with Gasteiger partial charge in [0.2, 0.25) is 0 Å². The number of nitrogens with one attached hydrogen (secondary N) is 1. The number of alkyl halides is 3. The Hall–Kier alpha value is -3.53. The molecule has 1 aliphatic heterocycles. The average Bonchev–Trinajstić information content (AvgIpc) is 2.82. The molecule has 3 aromatic rings. The van der Waals surface area contributed by atoms with Crippen LogP contribution < -0.4 is 15.0 Å². The maximum absolute atomic E-state index is 13.2. The Kier molecular flexibility index (Phi) is 7.49. The van der Waals surface area contributed by atoms with E-state index in [-0.39, 0.29) is 22.2 Å². The van der Waals surface area contributed by atoms with Crippen molar-refractivity contribution in [2.45, 2.75) is 12.8 Å². The van der Waals surface area contributed by atoms with Crippen molar-refractivity contribution in [3.8, 4) is 5.75 Å². The maximum Gasteiger partial charge on any atom is 0.416 e.